The molecule has 166 valence electrons. The Morgan fingerprint density at radius 2 is 1.67 bits per heavy atom. The molecule has 0 spiro atoms. The molecule has 0 fully saturated rings. The predicted molar refractivity (Wildman–Crippen MR) is 121 cm³/mol. The first-order chi connectivity index (χ1) is 15.7. The maximum Gasteiger partial charge on any atom is 0.307 e. The summed E-state index contributed by atoms with van der Waals surface area (Å²) in [6, 6.07) is 13.7. The van der Waals surface area contributed by atoms with Gasteiger partial charge in [-0.3, -0.25) is 19.2 Å². The van der Waals surface area contributed by atoms with Gasteiger partial charge in [0.15, 0.2) is 0 Å². The Labute approximate surface area is 189 Å². The van der Waals surface area contributed by atoms with Crippen molar-refractivity contribution in [3.8, 4) is 5.75 Å². The van der Waals surface area contributed by atoms with Gasteiger partial charge in [0, 0.05) is 5.56 Å². The lowest BCUT2D eigenvalue weighted by Crippen LogP contribution is -2.30. The number of carboxylic acids is 1. The Kier molecular flexibility index (Phi) is 5.43. The molecule has 3 aromatic carbocycles. The highest BCUT2D eigenvalue weighted by Crippen LogP contribution is 2.32. The molecule has 1 heterocycles. The Morgan fingerprint density at radius 3 is 2.39 bits per heavy atom. The molecule has 0 bridgehead atoms. The van der Waals surface area contributed by atoms with E-state index in [2.05, 4.69) is 5.32 Å². The van der Waals surface area contributed by atoms with Crippen molar-refractivity contribution in [3.05, 3.63) is 88.0 Å². The second kappa shape index (κ2) is 8.23. The number of nitrogens with one attached hydrogen (secondary N) is 1. The number of nitrogens with zero attached hydrogens (tertiary/aromatic N) is 1. The molecule has 0 unspecified atom stereocenters. The zero-order valence-corrected chi connectivity index (χ0v) is 17.9. The number of aromatic hydroxyl groups is 1. The highest BCUT2D eigenvalue weighted by atomic mass is 16.4. The molecular formula is C25H20N2O6. The summed E-state index contributed by atoms with van der Waals surface area (Å²) in [6.07, 6.45) is -0.271. The van der Waals surface area contributed by atoms with Crippen LogP contribution in [0.3, 0.4) is 0 Å². The van der Waals surface area contributed by atoms with E-state index in [4.69, 9.17) is 5.11 Å². The van der Waals surface area contributed by atoms with Crippen LogP contribution in [-0.2, 0) is 11.2 Å². The summed E-state index contributed by atoms with van der Waals surface area (Å²) in [5, 5.41) is 21.5. The second-order valence-electron chi connectivity index (χ2n) is 7.80. The number of benzene rings is 3. The third-order valence-electron chi connectivity index (χ3n) is 5.63. The number of phenolic OH excluding ortho intramolecular Hbond substituents is 1. The Hall–Kier alpha value is -4.46. The standard InChI is InChI=1S/C25H20N2O6/c1-13-4-3-5-20(14(13)2)27-24(32)17-8-7-16(12-18(17)25(27)33)23(31)26-19-10-15(11-22(29)30)6-9-21(19)28/h3-10,12,28H,11H2,1-2H3,(H,26,31)(H,29,30). The fourth-order valence-corrected chi connectivity index (χ4v) is 3.74. The normalized spacial score (nSPS) is 12.6. The monoisotopic (exact) mass is 444 g/mol. The van der Waals surface area contributed by atoms with Gasteiger partial charge in [0.05, 0.1) is 28.9 Å². The summed E-state index contributed by atoms with van der Waals surface area (Å²) in [5.41, 5.74) is 3.10. The van der Waals surface area contributed by atoms with Crippen LogP contribution in [0, 0.1) is 13.8 Å². The van der Waals surface area contributed by atoms with Crippen molar-refractivity contribution in [2.75, 3.05) is 10.2 Å². The third kappa shape index (κ3) is 3.94. The smallest absolute Gasteiger partial charge is 0.307 e. The minimum Gasteiger partial charge on any atom is -0.506 e. The van der Waals surface area contributed by atoms with Gasteiger partial charge in [0.1, 0.15) is 5.75 Å². The molecule has 1 aliphatic heterocycles. The molecule has 33 heavy (non-hydrogen) atoms. The molecule has 0 aromatic heterocycles. The average molecular weight is 444 g/mol. The van der Waals surface area contributed by atoms with Crippen molar-refractivity contribution in [2.24, 2.45) is 0 Å². The van der Waals surface area contributed by atoms with Crippen LogP contribution in [0.5, 0.6) is 5.75 Å². The number of amides is 3. The van der Waals surface area contributed by atoms with E-state index in [0.29, 0.717) is 11.3 Å². The number of carboxylic acid groups (broad SMARTS) is 1. The van der Waals surface area contributed by atoms with Gasteiger partial charge in [0.25, 0.3) is 17.7 Å². The number of hydrogen-bond donors (Lipinski definition) is 3. The molecule has 4 rings (SSSR count). The summed E-state index contributed by atoms with van der Waals surface area (Å²) in [6.45, 7) is 3.72. The molecule has 8 nitrogen and oxygen atoms in total. The van der Waals surface area contributed by atoms with Crippen LogP contribution in [0.1, 0.15) is 47.8 Å². The van der Waals surface area contributed by atoms with E-state index < -0.39 is 23.7 Å². The predicted octanol–water partition coefficient (Wildman–Crippen LogP) is 3.69. The number of hydrogen-bond acceptors (Lipinski definition) is 5. The van der Waals surface area contributed by atoms with E-state index >= 15 is 0 Å². The molecule has 0 aliphatic carbocycles. The summed E-state index contributed by atoms with van der Waals surface area (Å²) >= 11 is 0. The lowest BCUT2D eigenvalue weighted by molar-refractivity contribution is -0.136. The third-order valence-corrected chi connectivity index (χ3v) is 5.63. The molecule has 3 N–H and O–H groups in total. The average Bonchev–Trinajstić information content (AvgIpc) is 3.02. The van der Waals surface area contributed by atoms with Crippen LogP contribution in [0.2, 0.25) is 0 Å². The summed E-state index contributed by atoms with van der Waals surface area (Å²) < 4.78 is 0. The number of carbonyl (C=O) groups excluding carboxylic acids is 3. The van der Waals surface area contributed by atoms with Crippen molar-refractivity contribution < 1.29 is 29.4 Å². The Bertz CT molecular complexity index is 1340. The first kappa shape index (κ1) is 21.8. The van der Waals surface area contributed by atoms with Crippen molar-refractivity contribution in [1.29, 1.82) is 0 Å². The molecule has 3 aromatic rings. The van der Waals surface area contributed by atoms with E-state index in [1.807, 2.05) is 19.9 Å². The van der Waals surface area contributed by atoms with Gasteiger partial charge in [-0.1, -0.05) is 18.2 Å². The zero-order chi connectivity index (χ0) is 23.9. The number of phenols is 1. The fourth-order valence-electron chi connectivity index (χ4n) is 3.74. The van der Waals surface area contributed by atoms with Gasteiger partial charge >= 0.3 is 5.97 Å². The van der Waals surface area contributed by atoms with Gasteiger partial charge in [-0.05, 0) is 66.9 Å². The Morgan fingerprint density at radius 1 is 0.939 bits per heavy atom. The highest BCUT2D eigenvalue weighted by molar-refractivity contribution is 6.35. The van der Waals surface area contributed by atoms with E-state index in [9.17, 15) is 24.3 Å². The number of aliphatic carboxylic acids is 1. The number of fused-ring (bicyclic) bond motifs is 1. The van der Waals surface area contributed by atoms with Crippen molar-refractivity contribution in [3.63, 3.8) is 0 Å². The van der Waals surface area contributed by atoms with E-state index in [1.165, 1.54) is 36.4 Å². The van der Waals surface area contributed by atoms with Crippen molar-refractivity contribution in [2.45, 2.75) is 20.3 Å². The van der Waals surface area contributed by atoms with Crippen molar-refractivity contribution in [1.82, 2.24) is 0 Å². The lowest BCUT2D eigenvalue weighted by atomic mass is 10.0. The highest BCUT2D eigenvalue weighted by Gasteiger charge is 2.38. The maximum atomic E-state index is 13.1. The summed E-state index contributed by atoms with van der Waals surface area (Å²) in [7, 11) is 0. The molecule has 3 amide bonds. The number of imide groups is 1. The Balaban J connectivity index is 1.63. The van der Waals surface area contributed by atoms with Crippen LogP contribution >= 0.6 is 0 Å². The topological polar surface area (TPSA) is 124 Å². The first-order valence-corrected chi connectivity index (χ1v) is 10.1. The summed E-state index contributed by atoms with van der Waals surface area (Å²) in [4.78, 5) is 50.8. The molecule has 0 atom stereocenters. The van der Waals surface area contributed by atoms with E-state index in [0.717, 1.165) is 16.0 Å². The molecular weight excluding hydrogens is 424 g/mol. The van der Waals surface area contributed by atoms with Crippen LogP contribution < -0.4 is 10.2 Å². The first-order valence-electron chi connectivity index (χ1n) is 10.1. The molecule has 0 radical (unpaired) electrons. The zero-order valence-electron chi connectivity index (χ0n) is 17.9. The fraction of sp³-hybridized carbons (Fsp3) is 0.120. The van der Waals surface area contributed by atoms with Crippen LogP contribution in [0.4, 0.5) is 11.4 Å². The van der Waals surface area contributed by atoms with E-state index in [1.54, 1.807) is 12.1 Å². The molecule has 8 heteroatoms. The summed E-state index contributed by atoms with van der Waals surface area (Å²) in [5.74, 6) is -2.88. The van der Waals surface area contributed by atoms with E-state index in [-0.39, 0.29) is 34.5 Å². The van der Waals surface area contributed by atoms with Crippen molar-refractivity contribution >= 4 is 35.1 Å². The lowest BCUT2D eigenvalue weighted by Gasteiger charge is -2.17. The van der Waals surface area contributed by atoms with Gasteiger partial charge in [0.2, 0.25) is 0 Å². The molecule has 0 saturated heterocycles. The maximum absolute atomic E-state index is 13.1. The van der Waals surface area contributed by atoms with Gasteiger partial charge in [-0.2, -0.15) is 0 Å². The second-order valence-corrected chi connectivity index (χ2v) is 7.80. The molecule has 1 aliphatic rings. The number of anilines is 2. The SMILES string of the molecule is Cc1cccc(N2C(=O)c3ccc(C(=O)Nc4cc(CC(=O)O)ccc4O)cc3C2=O)c1C. The van der Waals surface area contributed by atoms with Crippen LogP contribution in [0.25, 0.3) is 0 Å². The quantitative estimate of drug-likeness (QED) is 0.407. The van der Waals surface area contributed by atoms with Gasteiger partial charge < -0.3 is 15.5 Å². The van der Waals surface area contributed by atoms with Crippen LogP contribution in [0.15, 0.2) is 54.6 Å². The van der Waals surface area contributed by atoms with Crippen LogP contribution in [-0.4, -0.2) is 33.9 Å². The number of rotatable bonds is 5. The number of aryl methyl sites for hydroxylation is 1. The molecule has 0 saturated carbocycles. The largest absolute Gasteiger partial charge is 0.506 e. The number of carbonyl (C=O) groups is 4. The minimum atomic E-state index is -1.05. The van der Waals surface area contributed by atoms with Gasteiger partial charge in [-0.25, -0.2) is 4.90 Å². The van der Waals surface area contributed by atoms with Gasteiger partial charge in [-0.15, -0.1) is 0 Å². The minimum absolute atomic E-state index is 0.0404.